The number of benzene rings is 2. The molecular weight excluding hydrogens is 443 g/mol. The zero-order valence-corrected chi connectivity index (χ0v) is 19.0. The Bertz CT molecular complexity index is 1020. The zero-order valence-electron chi connectivity index (χ0n) is 17.5. The van der Waals surface area contributed by atoms with E-state index in [1.807, 2.05) is 31.2 Å². The van der Waals surface area contributed by atoms with Crippen LogP contribution < -0.4 is 10.1 Å². The van der Waals surface area contributed by atoms with Gasteiger partial charge in [-0.2, -0.15) is 0 Å². The number of carbonyl (C=O) groups is 1. The molecule has 0 radical (unpaired) electrons. The molecule has 31 heavy (non-hydrogen) atoms. The molecule has 0 aromatic heterocycles. The number of nitrogens with one attached hydrogen (secondary N) is 1. The van der Waals surface area contributed by atoms with Gasteiger partial charge in [0.05, 0.1) is 18.9 Å². The molecule has 1 atom stereocenters. The third kappa shape index (κ3) is 5.56. The van der Waals surface area contributed by atoms with Crippen LogP contribution in [-0.4, -0.2) is 38.8 Å². The summed E-state index contributed by atoms with van der Waals surface area (Å²) < 4.78 is 46.2. The van der Waals surface area contributed by atoms with Gasteiger partial charge in [0.25, 0.3) is 0 Å². The number of carbonyl (C=O) groups excluding carboxylic acids is 1. The molecule has 1 saturated heterocycles. The molecule has 1 amide bonds. The fourth-order valence-corrected chi connectivity index (χ4v) is 5.69. The van der Waals surface area contributed by atoms with Gasteiger partial charge in [-0.25, -0.2) is 17.1 Å². The topological polar surface area (TPSA) is 75.7 Å². The maximum atomic E-state index is 14.0. The van der Waals surface area contributed by atoms with Crippen LogP contribution in [0.3, 0.4) is 0 Å². The minimum atomic E-state index is -3.74. The first-order valence-electron chi connectivity index (χ1n) is 10.1. The molecule has 0 unspecified atom stereocenters. The largest absolute Gasteiger partial charge is 0.496 e. The van der Waals surface area contributed by atoms with Crippen molar-refractivity contribution in [3.8, 4) is 5.75 Å². The third-order valence-corrected chi connectivity index (χ3v) is 7.73. The maximum absolute atomic E-state index is 14.0. The molecule has 2 aromatic rings. The molecule has 1 N–H and O–H groups in total. The minimum absolute atomic E-state index is 0.0327. The molecule has 0 saturated carbocycles. The fourth-order valence-electron chi connectivity index (χ4n) is 3.77. The highest BCUT2D eigenvalue weighted by Crippen LogP contribution is 2.28. The molecule has 168 valence electrons. The van der Waals surface area contributed by atoms with Crippen molar-refractivity contribution in [2.45, 2.75) is 31.6 Å². The summed E-state index contributed by atoms with van der Waals surface area (Å²) in [5, 5.41) is 3.08. The lowest BCUT2D eigenvalue weighted by atomic mass is 9.96. The molecule has 0 aliphatic carbocycles. The number of rotatable bonds is 7. The Kier molecular flexibility index (Phi) is 7.56. The number of piperidine rings is 1. The van der Waals surface area contributed by atoms with Crippen LogP contribution in [0.4, 0.5) is 4.39 Å². The molecule has 0 spiro atoms. The Hall–Kier alpha value is -2.16. The normalized spacial score (nSPS) is 16.6. The number of ether oxygens (including phenoxy) is 1. The van der Waals surface area contributed by atoms with Gasteiger partial charge in [0.1, 0.15) is 11.6 Å². The van der Waals surface area contributed by atoms with Crippen LogP contribution in [0.2, 0.25) is 5.02 Å². The molecule has 2 aromatic carbocycles. The Balaban J connectivity index is 1.59. The van der Waals surface area contributed by atoms with Gasteiger partial charge in [0.2, 0.25) is 15.9 Å². The van der Waals surface area contributed by atoms with Crippen LogP contribution in [-0.2, 0) is 20.6 Å². The number of hydrogen-bond donors (Lipinski definition) is 1. The van der Waals surface area contributed by atoms with Crippen molar-refractivity contribution >= 4 is 27.5 Å². The third-order valence-electron chi connectivity index (χ3n) is 5.57. The molecular formula is C22H26ClFN2O4S. The average molecular weight is 469 g/mol. The van der Waals surface area contributed by atoms with Gasteiger partial charge in [-0.3, -0.25) is 4.79 Å². The first-order chi connectivity index (χ1) is 14.7. The van der Waals surface area contributed by atoms with Gasteiger partial charge in [-0.1, -0.05) is 35.9 Å². The van der Waals surface area contributed by atoms with Gasteiger partial charge in [-0.05, 0) is 38.0 Å². The molecule has 1 fully saturated rings. The molecule has 6 nitrogen and oxygen atoms in total. The number of methoxy groups -OCH3 is 1. The van der Waals surface area contributed by atoms with Gasteiger partial charge in [0.15, 0.2) is 0 Å². The number of sulfonamides is 1. The van der Waals surface area contributed by atoms with Crippen molar-refractivity contribution in [1.29, 1.82) is 0 Å². The van der Waals surface area contributed by atoms with E-state index in [-0.39, 0.29) is 41.5 Å². The molecule has 9 heteroatoms. The van der Waals surface area contributed by atoms with E-state index >= 15 is 0 Å². The number of nitrogens with zero attached hydrogens (tertiary/aromatic N) is 1. The average Bonchev–Trinajstić information content (AvgIpc) is 2.76. The fraction of sp³-hybridized carbons (Fsp3) is 0.409. The number of halogens is 2. The number of para-hydroxylation sites is 1. The van der Waals surface area contributed by atoms with Crippen molar-refractivity contribution in [2.75, 3.05) is 20.2 Å². The second-order valence-electron chi connectivity index (χ2n) is 7.60. The first kappa shape index (κ1) is 23.5. The van der Waals surface area contributed by atoms with Crippen LogP contribution in [0.5, 0.6) is 5.75 Å². The lowest BCUT2D eigenvalue weighted by Crippen LogP contribution is -2.43. The first-order valence-corrected chi connectivity index (χ1v) is 12.1. The van der Waals surface area contributed by atoms with E-state index in [4.69, 9.17) is 16.3 Å². The van der Waals surface area contributed by atoms with E-state index in [0.717, 1.165) is 5.56 Å². The lowest BCUT2D eigenvalue weighted by molar-refractivity contribution is -0.126. The van der Waals surface area contributed by atoms with Crippen LogP contribution in [0, 0.1) is 11.7 Å². The van der Waals surface area contributed by atoms with Gasteiger partial charge in [-0.15, -0.1) is 0 Å². The summed E-state index contributed by atoms with van der Waals surface area (Å²) >= 11 is 5.97. The summed E-state index contributed by atoms with van der Waals surface area (Å²) in [4.78, 5) is 12.7. The van der Waals surface area contributed by atoms with Crippen molar-refractivity contribution in [3.63, 3.8) is 0 Å². The maximum Gasteiger partial charge on any atom is 0.223 e. The van der Waals surface area contributed by atoms with Crippen LogP contribution in [0.1, 0.15) is 36.9 Å². The zero-order chi connectivity index (χ0) is 22.6. The SMILES string of the molecule is COc1ccccc1[C@H](C)NC(=O)C1CCN(S(=O)(=O)Cc2c(F)cccc2Cl)CC1. The van der Waals surface area contributed by atoms with Gasteiger partial charge < -0.3 is 10.1 Å². The van der Waals surface area contributed by atoms with Crippen LogP contribution in [0.25, 0.3) is 0 Å². The predicted octanol–water partition coefficient (Wildman–Crippen LogP) is 3.91. The predicted molar refractivity (Wildman–Crippen MR) is 118 cm³/mol. The Morgan fingerprint density at radius 1 is 1.23 bits per heavy atom. The van der Waals surface area contributed by atoms with E-state index < -0.39 is 21.6 Å². The molecule has 0 bridgehead atoms. The monoisotopic (exact) mass is 468 g/mol. The summed E-state index contributed by atoms with van der Waals surface area (Å²) in [6, 6.07) is 11.3. The summed E-state index contributed by atoms with van der Waals surface area (Å²) in [7, 11) is -2.16. The van der Waals surface area contributed by atoms with E-state index in [2.05, 4.69) is 5.32 Å². The van der Waals surface area contributed by atoms with E-state index in [1.165, 1.54) is 22.5 Å². The highest BCUT2D eigenvalue weighted by atomic mass is 35.5. The molecule has 3 rings (SSSR count). The van der Waals surface area contributed by atoms with Crippen molar-refractivity contribution in [3.05, 3.63) is 64.4 Å². The second-order valence-corrected chi connectivity index (χ2v) is 9.98. The molecule has 1 aliphatic rings. The second kappa shape index (κ2) is 9.97. The van der Waals surface area contributed by atoms with Gasteiger partial charge >= 0.3 is 0 Å². The summed E-state index contributed by atoms with van der Waals surface area (Å²) in [5.74, 6) is -0.854. The Morgan fingerprint density at radius 2 is 1.90 bits per heavy atom. The molecule has 1 heterocycles. The Morgan fingerprint density at radius 3 is 2.55 bits per heavy atom. The van der Waals surface area contributed by atoms with E-state index in [1.54, 1.807) is 7.11 Å². The quantitative estimate of drug-likeness (QED) is 0.668. The van der Waals surface area contributed by atoms with E-state index in [9.17, 15) is 17.6 Å². The van der Waals surface area contributed by atoms with Gasteiger partial charge in [0, 0.05) is 35.2 Å². The highest BCUT2D eigenvalue weighted by Gasteiger charge is 2.32. The van der Waals surface area contributed by atoms with Crippen molar-refractivity contribution in [2.24, 2.45) is 5.92 Å². The summed E-state index contributed by atoms with van der Waals surface area (Å²) in [5.41, 5.74) is 0.842. The minimum Gasteiger partial charge on any atom is -0.496 e. The van der Waals surface area contributed by atoms with Crippen LogP contribution >= 0.6 is 11.6 Å². The van der Waals surface area contributed by atoms with Crippen LogP contribution in [0.15, 0.2) is 42.5 Å². The molecule has 1 aliphatic heterocycles. The standard InChI is InChI=1S/C22H26ClFN2O4S/c1-15(17-6-3-4-9-21(17)30-2)25-22(27)16-10-12-26(13-11-16)31(28,29)14-18-19(23)7-5-8-20(18)24/h3-9,15-16H,10-14H2,1-2H3,(H,25,27)/t15-/m0/s1. The van der Waals surface area contributed by atoms with Crippen molar-refractivity contribution in [1.82, 2.24) is 9.62 Å². The summed E-state index contributed by atoms with van der Waals surface area (Å²) in [6.07, 6.45) is 0.795. The lowest BCUT2D eigenvalue weighted by Gasteiger charge is -2.31. The number of amides is 1. The Labute approximate surface area is 187 Å². The highest BCUT2D eigenvalue weighted by molar-refractivity contribution is 7.88. The van der Waals surface area contributed by atoms with E-state index in [0.29, 0.717) is 18.6 Å². The van der Waals surface area contributed by atoms with Crippen molar-refractivity contribution < 1.29 is 22.3 Å². The summed E-state index contributed by atoms with van der Waals surface area (Å²) in [6.45, 7) is 2.29. The number of hydrogen-bond acceptors (Lipinski definition) is 4. The smallest absolute Gasteiger partial charge is 0.223 e.